The van der Waals surface area contributed by atoms with Gasteiger partial charge in [-0.2, -0.15) is 0 Å². The van der Waals surface area contributed by atoms with E-state index in [0.29, 0.717) is 0 Å². The molecule has 0 aliphatic heterocycles. The molecular formula is C22H22O3. The van der Waals surface area contributed by atoms with Crippen LogP contribution in [0.5, 0.6) is 17.2 Å². The number of phenols is 3. The van der Waals surface area contributed by atoms with Crippen molar-refractivity contribution in [2.24, 2.45) is 0 Å². The lowest BCUT2D eigenvalue weighted by molar-refractivity contribution is 0.469. The summed E-state index contributed by atoms with van der Waals surface area (Å²) in [7, 11) is 0. The molecule has 0 saturated heterocycles. The summed E-state index contributed by atoms with van der Waals surface area (Å²) in [6.45, 7) is 3.99. The Morgan fingerprint density at radius 2 is 1.12 bits per heavy atom. The lowest BCUT2D eigenvalue weighted by Crippen LogP contribution is -2.28. The monoisotopic (exact) mass is 334 g/mol. The average molecular weight is 334 g/mol. The van der Waals surface area contributed by atoms with Crippen LogP contribution in [0.15, 0.2) is 66.7 Å². The van der Waals surface area contributed by atoms with Crippen LogP contribution < -0.4 is 0 Å². The lowest BCUT2D eigenvalue weighted by Gasteiger charge is -2.35. The van der Waals surface area contributed by atoms with E-state index in [1.807, 2.05) is 43.3 Å². The molecule has 0 heterocycles. The summed E-state index contributed by atoms with van der Waals surface area (Å²) in [6.07, 6.45) is 0.784. The highest BCUT2D eigenvalue weighted by atomic mass is 16.3. The molecule has 0 amide bonds. The highest BCUT2D eigenvalue weighted by Gasteiger charge is 2.35. The highest BCUT2D eigenvalue weighted by Crippen LogP contribution is 2.43. The maximum atomic E-state index is 9.93. The van der Waals surface area contributed by atoms with Crippen molar-refractivity contribution in [2.45, 2.75) is 25.7 Å². The second kappa shape index (κ2) is 6.52. The molecule has 128 valence electrons. The molecule has 25 heavy (non-hydrogen) atoms. The number of hydrogen-bond acceptors (Lipinski definition) is 3. The van der Waals surface area contributed by atoms with Crippen molar-refractivity contribution in [1.29, 1.82) is 0 Å². The summed E-state index contributed by atoms with van der Waals surface area (Å²) < 4.78 is 0. The first-order valence-corrected chi connectivity index (χ1v) is 8.36. The third-order valence-electron chi connectivity index (χ3n) is 4.94. The van der Waals surface area contributed by atoms with Crippen molar-refractivity contribution in [2.75, 3.05) is 0 Å². The molecule has 0 aliphatic rings. The molecule has 0 unspecified atom stereocenters. The maximum absolute atomic E-state index is 9.93. The Kier molecular flexibility index (Phi) is 4.41. The van der Waals surface area contributed by atoms with Gasteiger partial charge in [0.05, 0.1) is 0 Å². The molecule has 3 aromatic rings. The molecule has 0 aromatic heterocycles. The smallest absolute Gasteiger partial charge is 0.118 e. The van der Waals surface area contributed by atoms with Crippen LogP contribution in [-0.4, -0.2) is 15.3 Å². The molecule has 0 spiro atoms. The van der Waals surface area contributed by atoms with Gasteiger partial charge in [-0.15, -0.1) is 0 Å². The molecule has 3 N–H and O–H groups in total. The van der Waals surface area contributed by atoms with Gasteiger partial charge in [-0.05, 0) is 65.9 Å². The van der Waals surface area contributed by atoms with Crippen molar-refractivity contribution in [3.8, 4) is 17.2 Å². The van der Waals surface area contributed by atoms with E-state index in [9.17, 15) is 15.3 Å². The Morgan fingerprint density at radius 3 is 1.52 bits per heavy atom. The number of aryl methyl sites for hydroxylation is 1. The molecule has 3 aromatic carbocycles. The number of hydrogen-bond donors (Lipinski definition) is 3. The van der Waals surface area contributed by atoms with Gasteiger partial charge in [0.1, 0.15) is 17.2 Å². The third-order valence-corrected chi connectivity index (χ3v) is 4.94. The van der Waals surface area contributed by atoms with Crippen LogP contribution in [0.25, 0.3) is 0 Å². The molecule has 0 fully saturated rings. The topological polar surface area (TPSA) is 60.7 Å². The summed E-state index contributed by atoms with van der Waals surface area (Å²) in [5.41, 5.74) is 3.52. The van der Waals surface area contributed by atoms with Gasteiger partial charge in [0.2, 0.25) is 0 Å². The van der Waals surface area contributed by atoms with Gasteiger partial charge in [-0.25, -0.2) is 0 Å². The van der Waals surface area contributed by atoms with E-state index in [0.717, 1.165) is 28.7 Å². The highest BCUT2D eigenvalue weighted by molar-refractivity contribution is 5.53. The van der Waals surface area contributed by atoms with E-state index >= 15 is 0 Å². The number of benzene rings is 3. The molecule has 3 heteroatoms. The first kappa shape index (κ1) is 16.9. The molecule has 3 rings (SSSR count). The zero-order chi connectivity index (χ0) is 18.0. The SMILES string of the molecule is CCC(c1ccc(O)cc1)(c1ccc(O)cc1)c1ccc(O)c(C)c1. The Bertz CT molecular complexity index is 819. The first-order valence-electron chi connectivity index (χ1n) is 8.36. The van der Waals surface area contributed by atoms with Crippen LogP contribution in [-0.2, 0) is 5.41 Å². The molecule has 3 nitrogen and oxygen atoms in total. The summed E-state index contributed by atoms with van der Waals surface area (Å²) in [4.78, 5) is 0. The molecule has 0 bridgehead atoms. The van der Waals surface area contributed by atoms with Crippen LogP contribution in [0.2, 0.25) is 0 Å². The predicted molar refractivity (Wildman–Crippen MR) is 99.2 cm³/mol. The van der Waals surface area contributed by atoms with Crippen molar-refractivity contribution in [1.82, 2.24) is 0 Å². The van der Waals surface area contributed by atoms with E-state index in [1.165, 1.54) is 0 Å². The molecule has 0 saturated carbocycles. The molecule has 0 aliphatic carbocycles. The molecular weight excluding hydrogens is 312 g/mol. The fourth-order valence-corrected chi connectivity index (χ4v) is 3.53. The normalized spacial score (nSPS) is 11.4. The van der Waals surface area contributed by atoms with E-state index in [1.54, 1.807) is 30.3 Å². The predicted octanol–water partition coefficient (Wildman–Crippen LogP) is 4.86. The Labute approximate surface area is 147 Å². The summed E-state index contributed by atoms with van der Waals surface area (Å²) >= 11 is 0. The van der Waals surface area contributed by atoms with E-state index in [2.05, 4.69) is 6.92 Å². The second-order valence-electron chi connectivity index (χ2n) is 6.35. The van der Waals surface area contributed by atoms with Gasteiger partial charge >= 0.3 is 0 Å². The van der Waals surface area contributed by atoms with Gasteiger partial charge in [0.25, 0.3) is 0 Å². The van der Waals surface area contributed by atoms with Crippen molar-refractivity contribution in [3.05, 3.63) is 89.0 Å². The molecule has 0 radical (unpaired) electrons. The fraction of sp³-hybridized carbons (Fsp3) is 0.182. The largest absolute Gasteiger partial charge is 0.508 e. The zero-order valence-electron chi connectivity index (χ0n) is 14.4. The van der Waals surface area contributed by atoms with Gasteiger partial charge in [0, 0.05) is 5.41 Å². The maximum Gasteiger partial charge on any atom is 0.118 e. The third kappa shape index (κ3) is 2.93. The minimum atomic E-state index is -0.445. The summed E-state index contributed by atoms with van der Waals surface area (Å²) in [5.74, 6) is 0.716. The van der Waals surface area contributed by atoms with Crippen molar-refractivity contribution < 1.29 is 15.3 Å². The molecule has 0 atom stereocenters. The van der Waals surface area contributed by atoms with E-state index < -0.39 is 5.41 Å². The zero-order valence-corrected chi connectivity index (χ0v) is 14.4. The number of phenolic OH excluding ortho intramolecular Hbond substituents is 3. The van der Waals surface area contributed by atoms with Crippen LogP contribution in [0.1, 0.15) is 35.6 Å². The number of rotatable bonds is 4. The second-order valence-corrected chi connectivity index (χ2v) is 6.35. The Balaban J connectivity index is 2.30. The fourth-order valence-electron chi connectivity index (χ4n) is 3.53. The Hall–Kier alpha value is -2.94. The van der Waals surface area contributed by atoms with Crippen LogP contribution >= 0.6 is 0 Å². The van der Waals surface area contributed by atoms with Crippen LogP contribution in [0.3, 0.4) is 0 Å². The standard InChI is InChI=1S/C22H22O3/c1-3-22(16-4-9-19(23)10-5-16,17-6-11-20(24)12-7-17)18-8-13-21(25)15(2)14-18/h4-14,23-25H,3H2,1-2H3. The summed E-state index contributed by atoms with van der Waals surface area (Å²) in [6, 6.07) is 20.1. The average Bonchev–Trinajstić information content (AvgIpc) is 2.62. The minimum absolute atomic E-state index is 0.223. The van der Waals surface area contributed by atoms with Gasteiger partial charge in [-0.1, -0.05) is 43.3 Å². The van der Waals surface area contributed by atoms with E-state index in [-0.39, 0.29) is 17.2 Å². The van der Waals surface area contributed by atoms with Crippen molar-refractivity contribution in [3.63, 3.8) is 0 Å². The van der Waals surface area contributed by atoms with Gasteiger partial charge in [0.15, 0.2) is 0 Å². The van der Waals surface area contributed by atoms with Crippen molar-refractivity contribution >= 4 is 0 Å². The Morgan fingerprint density at radius 1 is 0.680 bits per heavy atom. The first-order chi connectivity index (χ1) is 12.0. The van der Waals surface area contributed by atoms with E-state index in [4.69, 9.17) is 0 Å². The number of aromatic hydroxyl groups is 3. The summed E-state index contributed by atoms with van der Waals surface area (Å²) in [5, 5.41) is 29.3. The minimum Gasteiger partial charge on any atom is -0.508 e. The van der Waals surface area contributed by atoms with Crippen LogP contribution in [0, 0.1) is 6.92 Å². The lowest BCUT2D eigenvalue weighted by atomic mass is 9.67. The van der Waals surface area contributed by atoms with Gasteiger partial charge < -0.3 is 15.3 Å². The van der Waals surface area contributed by atoms with Crippen LogP contribution in [0.4, 0.5) is 0 Å². The van der Waals surface area contributed by atoms with Gasteiger partial charge in [-0.3, -0.25) is 0 Å². The quantitative estimate of drug-likeness (QED) is 0.597.